The highest BCUT2D eigenvalue weighted by Gasteiger charge is 2.19. The van der Waals surface area contributed by atoms with Crippen LogP contribution in [-0.4, -0.2) is 28.0 Å². The summed E-state index contributed by atoms with van der Waals surface area (Å²) in [5, 5.41) is 1.96. The zero-order valence-corrected chi connectivity index (χ0v) is 14.6. The summed E-state index contributed by atoms with van der Waals surface area (Å²) in [6, 6.07) is 5.57. The van der Waals surface area contributed by atoms with Crippen molar-refractivity contribution in [2.45, 2.75) is 11.8 Å². The van der Waals surface area contributed by atoms with Gasteiger partial charge in [-0.25, -0.2) is 26.3 Å². The van der Waals surface area contributed by atoms with E-state index in [2.05, 4.69) is 0 Å². The van der Waals surface area contributed by atoms with E-state index in [-0.39, 0.29) is 4.90 Å². The highest BCUT2D eigenvalue weighted by Crippen LogP contribution is 2.21. The number of hydrogen-bond donors (Lipinski definition) is 2. The van der Waals surface area contributed by atoms with Crippen molar-refractivity contribution in [1.82, 2.24) is 4.72 Å². The van der Waals surface area contributed by atoms with Gasteiger partial charge in [-0.15, -0.1) is 0 Å². The lowest BCUT2D eigenvalue weighted by atomic mass is 10.2. The molecule has 0 fully saturated rings. The predicted molar refractivity (Wildman–Crippen MR) is 87.9 cm³/mol. The Kier molecular flexibility index (Phi) is 5.88. The molecule has 0 saturated heterocycles. The maximum Gasteiger partial charge on any atom is 0.241 e. The zero-order valence-electron chi connectivity index (χ0n) is 13.8. The normalized spacial score (nSPS) is 11.3. The number of aryl methyl sites for hydroxylation is 1. The van der Waals surface area contributed by atoms with Crippen LogP contribution in [0.2, 0.25) is 0 Å². The monoisotopic (exact) mass is 388 g/mol. The van der Waals surface area contributed by atoms with Gasteiger partial charge in [-0.3, -0.25) is 4.79 Å². The number of carbonyl (C=O) groups is 1. The van der Waals surface area contributed by atoms with Gasteiger partial charge in [-0.1, -0.05) is 0 Å². The van der Waals surface area contributed by atoms with Gasteiger partial charge in [0.05, 0.1) is 24.2 Å². The number of rotatable bonds is 6. The van der Waals surface area contributed by atoms with Crippen LogP contribution in [-0.2, 0) is 14.8 Å². The van der Waals surface area contributed by atoms with E-state index in [4.69, 9.17) is 4.74 Å². The number of ether oxygens (including phenoxy) is 1. The lowest BCUT2D eigenvalue weighted by Crippen LogP contribution is -2.33. The molecule has 140 valence electrons. The molecule has 0 saturated carbocycles. The highest BCUT2D eigenvalue weighted by molar-refractivity contribution is 7.89. The van der Waals surface area contributed by atoms with E-state index in [0.717, 1.165) is 6.07 Å². The molecule has 0 radical (unpaired) electrons. The minimum atomic E-state index is -4.01. The van der Waals surface area contributed by atoms with Crippen LogP contribution >= 0.6 is 0 Å². The predicted octanol–water partition coefficient (Wildman–Crippen LogP) is 2.34. The van der Waals surface area contributed by atoms with Gasteiger partial charge in [0.2, 0.25) is 15.9 Å². The molecular formula is C16H15F3N2O4S. The Morgan fingerprint density at radius 3 is 2.42 bits per heavy atom. The van der Waals surface area contributed by atoms with Crippen molar-refractivity contribution >= 4 is 21.6 Å². The van der Waals surface area contributed by atoms with Crippen molar-refractivity contribution in [2.24, 2.45) is 0 Å². The van der Waals surface area contributed by atoms with Gasteiger partial charge in [-0.2, -0.15) is 0 Å². The second-order valence-corrected chi connectivity index (χ2v) is 6.99. The Hall–Kier alpha value is -2.59. The van der Waals surface area contributed by atoms with E-state index in [1.807, 2.05) is 10.0 Å². The average Bonchev–Trinajstić information content (AvgIpc) is 2.60. The van der Waals surface area contributed by atoms with E-state index >= 15 is 0 Å². The summed E-state index contributed by atoms with van der Waals surface area (Å²) >= 11 is 0. The molecule has 0 bridgehead atoms. The second kappa shape index (κ2) is 7.75. The third-order valence-corrected chi connectivity index (χ3v) is 4.81. The number of hydrogen-bond acceptors (Lipinski definition) is 4. The van der Waals surface area contributed by atoms with E-state index in [1.54, 1.807) is 6.92 Å². The maximum atomic E-state index is 13.5. The first-order valence-corrected chi connectivity index (χ1v) is 8.71. The number of halogens is 3. The molecule has 0 atom stereocenters. The Balaban J connectivity index is 2.06. The molecule has 0 aliphatic carbocycles. The fourth-order valence-electron chi connectivity index (χ4n) is 2.08. The van der Waals surface area contributed by atoms with Crippen LogP contribution in [0, 0.1) is 24.4 Å². The lowest BCUT2D eigenvalue weighted by Gasteiger charge is -2.10. The first kappa shape index (κ1) is 19.7. The summed E-state index contributed by atoms with van der Waals surface area (Å²) in [5.74, 6) is -5.18. The van der Waals surface area contributed by atoms with E-state index in [0.29, 0.717) is 17.4 Å². The first-order valence-electron chi connectivity index (χ1n) is 7.23. The summed E-state index contributed by atoms with van der Waals surface area (Å²) in [7, 11) is -2.57. The Morgan fingerprint density at radius 1 is 1.12 bits per heavy atom. The molecule has 2 N–H and O–H groups in total. The van der Waals surface area contributed by atoms with Crippen molar-refractivity contribution in [3.8, 4) is 5.75 Å². The van der Waals surface area contributed by atoms with Gasteiger partial charge in [-0.05, 0) is 42.8 Å². The molecule has 0 spiro atoms. The van der Waals surface area contributed by atoms with Crippen molar-refractivity contribution in [3.05, 3.63) is 53.3 Å². The molecule has 0 unspecified atom stereocenters. The number of sulfonamides is 1. The van der Waals surface area contributed by atoms with Gasteiger partial charge >= 0.3 is 0 Å². The Bertz CT molecular complexity index is 949. The molecule has 10 heteroatoms. The minimum Gasteiger partial charge on any atom is -0.496 e. The van der Waals surface area contributed by atoms with Crippen LogP contribution in [0.1, 0.15) is 5.56 Å². The molecule has 26 heavy (non-hydrogen) atoms. The van der Waals surface area contributed by atoms with Gasteiger partial charge in [0.25, 0.3) is 0 Å². The van der Waals surface area contributed by atoms with Gasteiger partial charge in [0.15, 0.2) is 17.5 Å². The summed E-state index contributed by atoms with van der Waals surface area (Å²) in [6.07, 6.45) is 0. The van der Waals surface area contributed by atoms with E-state index in [9.17, 15) is 26.4 Å². The van der Waals surface area contributed by atoms with Crippen molar-refractivity contribution in [1.29, 1.82) is 0 Å². The molecule has 0 aromatic heterocycles. The molecule has 0 heterocycles. The van der Waals surface area contributed by atoms with Crippen molar-refractivity contribution in [2.75, 3.05) is 19.0 Å². The van der Waals surface area contributed by atoms with Gasteiger partial charge in [0.1, 0.15) is 5.75 Å². The molecular weight excluding hydrogens is 373 g/mol. The third kappa shape index (κ3) is 4.33. The van der Waals surface area contributed by atoms with Crippen LogP contribution < -0.4 is 14.8 Å². The molecule has 0 aliphatic rings. The van der Waals surface area contributed by atoms with Crippen LogP contribution in [0.5, 0.6) is 5.75 Å². The number of methoxy groups -OCH3 is 1. The summed E-state index contributed by atoms with van der Waals surface area (Å²) in [5.41, 5.74) is -0.0305. The van der Waals surface area contributed by atoms with Crippen LogP contribution in [0.25, 0.3) is 0 Å². The highest BCUT2D eigenvalue weighted by atomic mass is 32.2. The van der Waals surface area contributed by atoms with Crippen LogP contribution in [0.4, 0.5) is 18.9 Å². The molecule has 0 aliphatic heterocycles. The van der Waals surface area contributed by atoms with Gasteiger partial charge in [0, 0.05) is 0 Å². The molecule has 6 nitrogen and oxygen atoms in total. The van der Waals surface area contributed by atoms with Crippen molar-refractivity contribution in [3.63, 3.8) is 0 Å². The maximum absolute atomic E-state index is 13.5. The minimum absolute atomic E-state index is 0.0948. The Labute approximate surface area is 148 Å². The Morgan fingerprint density at radius 2 is 1.81 bits per heavy atom. The first-order chi connectivity index (χ1) is 12.2. The summed E-state index contributed by atoms with van der Waals surface area (Å²) in [6.45, 7) is 0.919. The topological polar surface area (TPSA) is 84.5 Å². The molecule has 2 aromatic carbocycles. The molecule has 2 rings (SSSR count). The number of nitrogens with one attached hydrogen (secondary N) is 2. The lowest BCUT2D eigenvalue weighted by molar-refractivity contribution is -0.115. The standard InChI is InChI=1S/C16H15F3N2O4S/c1-9-7-10(3-6-13(9)25-2)26(23,24)20-8-14(22)21-12-5-4-11(17)15(18)16(12)19/h3-7,20H,8H2,1-2H3,(H,21,22). The van der Waals surface area contributed by atoms with Crippen LogP contribution in [0.3, 0.4) is 0 Å². The number of benzene rings is 2. The average molecular weight is 388 g/mol. The van der Waals surface area contributed by atoms with Crippen LogP contribution in [0.15, 0.2) is 35.2 Å². The molecule has 1 amide bonds. The third-order valence-electron chi connectivity index (χ3n) is 3.41. The fourth-order valence-corrected chi connectivity index (χ4v) is 3.15. The number of carbonyl (C=O) groups excluding carboxylic acids is 1. The quantitative estimate of drug-likeness (QED) is 0.744. The number of amides is 1. The zero-order chi connectivity index (χ0) is 19.5. The number of anilines is 1. The second-order valence-electron chi connectivity index (χ2n) is 5.23. The van der Waals surface area contributed by atoms with E-state index < -0.39 is 45.6 Å². The summed E-state index contributed by atoms with van der Waals surface area (Å²) in [4.78, 5) is 11.7. The van der Waals surface area contributed by atoms with Crippen molar-refractivity contribution < 1.29 is 31.1 Å². The fraction of sp³-hybridized carbons (Fsp3) is 0.188. The SMILES string of the molecule is COc1ccc(S(=O)(=O)NCC(=O)Nc2ccc(F)c(F)c2F)cc1C. The molecule has 2 aromatic rings. The van der Waals surface area contributed by atoms with Gasteiger partial charge < -0.3 is 10.1 Å². The van der Waals surface area contributed by atoms with E-state index in [1.165, 1.54) is 25.3 Å². The summed E-state index contributed by atoms with van der Waals surface area (Å²) < 4.78 is 70.9. The largest absolute Gasteiger partial charge is 0.496 e. The smallest absolute Gasteiger partial charge is 0.241 e.